The third-order valence-corrected chi connectivity index (χ3v) is 2.97. The zero-order chi connectivity index (χ0) is 14.0. The predicted octanol–water partition coefficient (Wildman–Crippen LogP) is 3.38. The molecule has 1 N–H and O–H groups in total. The van der Waals surface area contributed by atoms with Gasteiger partial charge < -0.3 is 10.1 Å². The van der Waals surface area contributed by atoms with Crippen molar-refractivity contribution in [3.8, 4) is 11.8 Å². The quantitative estimate of drug-likeness (QED) is 0.692. The van der Waals surface area contributed by atoms with Crippen molar-refractivity contribution in [1.29, 1.82) is 5.26 Å². The monoisotopic (exact) mass is 260 g/mol. The Morgan fingerprint density at radius 2 is 1.84 bits per heavy atom. The van der Waals surface area contributed by atoms with Crippen LogP contribution in [0.2, 0.25) is 0 Å². The first-order valence-electron chi connectivity index (χ1n) is 6.94. The molecule has 0 fully saturated rings. The number of ether oxygens (including phenoxy) is 1. The molecule has 0 atom stereocenters. The van der Waals surface area contributed by atoms with Gasteiger partial charge in [0.15, 0.2) is 0 Å². The fraction of sp³-hybridized carbons (Fsp3) is 0.562. The van der Waals surface area contributed by atoms with Crippen LogP contribution in [0.25, 0.3) is 0 Å². The molecule has 0 spiro atoms. The molecule has 1 rings (SSSR count). The highest BCUT2D eigenvalue weighted by molar-refractivity contribution is 5.20. The molecule has 0 heterocycles. The van der Waals surface area contributed by atoms with Gasteiger partial charge in [-0.15, -0.1) is 0 Å². The average Bonchev–Trinajstić information content (AvgIpc) is 2.43. The zero-order valence-corrected chi connectivity index (χ0v) is 12.0. The van der Waals surface area contributed by atoms with Crippen molar-refractivity contribution >= 4 is 0 Å². The van der Waals surface area contributed by atoms with Gasteiger partial charge in [0.1, 0.15) is 5.75 Å². The van der Waals surface area contributed by atoms with Crippen molar-refractivity contribution in [2.45, 2.75) is 33.1 Å². The van der Waals surface area contributed by atoms with E-state index in [0.717, 1.165) is 44.7 Å². The molecule has 0 saturated carbocycles. The summed E-state index contributed by atoms with van der Waals surface area (Å²) in [4.78, 5) is 0. The zero-order valence-electron chi connectivity index (χ0n) is 12.0. The predicted molar refractivity (Wildman–Crippen MR) is 78.1 cm³/mol. The van der Waals surface area contributed by atoms with Crippen molar-refractivity contribution in [3.63, 3.8) is 0 Å². The van der Waals surface area contributed by atoms with E-state index in [1.54, 1.807) is 0 Å². The number of nitrogens with one attached hydrogen (secondary N) is 1. The van der Waals surface area contributed by atoms with E-state index >= 15 is 0 Å². The number of hydrogen-bond acceptors (Lipinski definition) is 3. The summed E-state index contributed by atoms with van der Waals surface area (Å²) in [6.07, 6.45) is 2.98. The molecule has 1 aromatic carbocycles. The minimum absolute atomic E-state index is 0.196. The Balaban J connectivity index is 1.94. The normalized spacial score (nSPS) is 11.0. The van der Waals surface area contributed by atoms with Crippen molar-refractivity contribution in [3.05, 3.63) is 30.3 Å². The molecule has 1 aromatic rings. The number of hydrogen-bond donors (Lipinski definition) is 1. The van der Waals surface area contributed by atoms with Gasteiger partial charge in [-0.3, -0.25) is 0 Å². The summed E-state index contributed by atoms with van der Waals surface area (Å²) in [6.45, 7) is 6.64. The van der Waals surface area contributed by atoms with Gasteiger partial charge in [-0.05, 0) is 58.3 Å². The second-order valence-corrected chi connectivity index (χ2v) is 5.36. The fourth-order valence-electron chi connectivity index (χ4n) is 1.74. The van der Waals surface area contributed by atoms with Crippen LogP contribution < -0.4 is 10.1 Å². The molecule has 0 saturated heterocycles. The van der Waals surface area contributed by atoms with E-state index in [1.165, 1.54) is 0 Å². The van der Waals surface area contributed by atoms with Gasteiger partial charge in [-0.1, -0.05) is 18.2 Å². The van der Waals surface area contributed by atoms with E-state index in [9.17, 15) is 0 Å². The first-order valence-corrected chi connectivity index (χ1v) is 6.94. The summed E-state index contributed by atoms with van der Waals surface area (Å²) in [5.74, 6) is 0.929. The van der Waals surface area contributed by atoms with Crippen LogP contribution in [0.15, 0.2) is 30.3 Å². The highest BCUT2D eigenvalue weighted by Gasteiger charge is 2.14. The second kappa shape index (κ2) is 8.55. The Morgan fingerprint density at radius 1 is 1.16 bits per heavy atom. The first-order chi connectivity index (χ1) is 9.14. The van der Waals surface area contributed by atoms with Crippen LogP contribution in [-0.4, -0.2) is 19.7 Å². The molecule has 0 radical (unpaired) electrons. The molecular formula is C16H24N2O. The number of para-hydroxylation sites is 1. The van der Waals surface area contributed by atoms with E-state index in [4.69, 9.17) is 10.00 Å². The molecule has 0 amide bonds. The van der Waals surface area contributed by atoms with Gasteiger partial charge in [0, 0.05) is 0 Å². The minimum Gasteiger partial charge on any atom is -0.494 e. The molecule has 104 valence electrons. The second-order valence-electron chi connectivity index (χ2n) is 5.36. The van der Waals surface area contributed by atoms with Crippen LogP contribution in [0, 0.1) is 16.7 Å². The summed E-state index contributed by atoms with van der Waals surface area (Å²) < 4.78 is 5.60. The van der Waals surface area contributed by atoms with Gasteiger partial charge in [-0.2, -0.15) is 5.26 Å². The lowest BCUT2D eigenvalue weighted by Gasteiger charge is -2.14. The number of rotatable bonds is 9. The van der Waals surface area contributed by atoms with Crippen LogP contribution in [0.5, 0.6) is 5.75 Å². The van der Waals surface area contributed by atoms with E-state index in [2.05, 4.69) is 11.4 Å². The molecule has 0 aliphatic heterocycles. The van der Waals surface area contributed by atoms with Gasteiger partial charge in [-0.25, -0.2) is 0 Å². The fourth-order valence-corrected chi connectivity index (χ4v) is 1.74. The Kier molecular flexibility index (Phi) is 6.99. The van der Waals surface area contributed by atoms with E-state index in [0.29, 0.717) is 0 Å². The molecule has 0 aliphatic carbocycles. The number of nitriles is 1. The van der Waals surface area contributed by atoms with E-state index in [1.807, 2.05) is 44.2 Å². The molecule has 0 unspecified atom stereocenters. The van der Waals surface area contributed by atoms with Gasteiger partial charge >= 0.3 is 0 Å². The molecule has 3 heteroatoms. The summed E-state index contributed by atoms with van der Waals surface area (Å²) in [5, 5.41) is 12.3. The van der Waals surface area contributed by atoms with Crippen molar-refractivity contribution < 1.29 is 4.74 Å². The Hall–Kier alpha value is -1.53. The summed E-state index contributed by atoms with van der Waals surface area (Å²) in [7, 11) is 0. The Bertz CT molecular complexity index is 381. The number of nitrogens with zero attached hydrogens (tertiary/aromatic N) is 1. The summed E-state index contributed by atoms with van der Waals surface area (Å²) in [6, 6.07) is 12.2. The maximum Gasteiger partial charge on any atom is 0.119 e. The highest BCUT2D eigenvalue weighted by atomic mass is 16.5. The first kappa shape index (κ1) is 15.5. The van der Waals surface area contributed by atoms with Crippen molar-refractivity contribution in [2.75, 3.05) is 19.7 Å². The smallest absolute Gasteiger partial charge is 0.119 e. The van der Waals surface area contributed by atoms with Crippen LogP contribution in [0.1, 0.15) is 33.1 Å². The van der Waals surface area contributed by atoms with Crippen molar-refractivity contribution in [1.82, 2.24) is 5.32 Å². The molecule has 0 aromatic heterocycles. The van der Waals surface area contributed by atoms with Gasteiger partial charge in [0.25, 0.3) is 0 Å². The largest absolute Gasteiger partial charge is 0.494 e. The van der Waals surface area contributed by atoms with Crippen LogP contribution in [0.4, 0.5) is 0 Å². The molecule has 3 nitrogen and oxygen atoms in total. The van der Waals surface area contributed by atoms with Crippen molar-refractivity contribution in [2.24, 2.45) is 5.41 Å². The molecule has 19 heavy (non-hydrogen) atoms. The number of benzene rings is 1. The minimum atomic E-state index is -0.196. The topological polar surface area (TPSA) is 45.0 Å². The SMILES string of the molecule is CC(C)(C#N)CCCNCCCOc1ccccc1. The molecule has 0 bridgehead atoms. The van der Waals surface area contributed by atoms with E-state index < -0.39 is 0 Å². The van der Waals surface area contributed by atoms with E-state index in [-0.39, 0.29) is 5.41 Å². The van der Waals surface area contributed by atoms with Crippen LogP contribution >= 0.6 is 0 Å². The van der Waals surface area contributed by atoms with Gasteiger partial charge in [0.05, 0.1) is 18.1 Å². The maximum absolute atomic E-state index is 8.89. The van der Waals surface area contributed by atoms with Crippen LogP contribution in [-0.2, 0) is 0 Å². The van der Waals surface area contributed by atoms with Gasteiger partial charge in [0.2, 0.25) is 0 Å². The Morgan fingerprint density at radius 3 is 2.53 bits per heavy atom. The molecular weight excluding hydrogens is 236 g/mol. The third kappa shape index (κ3) is 7.48. The summed E-state index contributed by atoms with van der Waals surface area (Å²) >= 11 is 0. The lowest BCUT2D eigenvalue weighted by molar-refractivity contribution is 0.307. The molecule has 0 aliphatic rings. The van der Waals surface area contributed by atoms with Crippen LogP contribution in [0.3, 0.4) is 0 Å². The maximum atomic E-state index is 8.89. The lowest BCUT2D eigenvalue weighted by atomic mass is 9.90. The summed E-state index contributed by atoms with van der Waals surface area (Å²) in [5.41, 5.74) is -0.196. The third-order valence-electron chi connectivity index (χ3n) is 2.97. The highest BCUT2D eigenvalue weighted by Crippen LogP contribution is 2.19. The lowest BCUT2D eigenvalue weighted by Crippen LogP contribution is -2.20. The standard InChI is InChI=1S/C16H24N2O/c1-16(2,14-17)10-6-11-18-12-7-13-19-15-8-4-3-5-9-15/h3-5,8-9,18H,6-7,10-13H2,1-2H3. The average molecular weight is 260 g/mol. The Labute approximate surface area is 116 Å².